The van der Waals surface area contributed by atoms with E-state index < -0.39 is 42.4 Å². The van der Waals surface area contributed by atoms with E-state index in [0.29, 0.717) is 35.1 Å². The molecular weight excluding hydrogens is 499 g/mol. The fourth-order valence-electron chi connectivity index (χ4n) is 4.40. The first-order valence-electron chi connectivity index (χ1n) is 11.8. The molecule has 0 spiro atoms. The third-order valence-corrected chi connectivity index (χ3v) is 7.72. The summed E-state index contributed by atoms with van der Waals surface area (Å²) in [5.41, 5.74) is 0.732. The van der Waals surface area contributed by atoms with Gasteiger partial charge in [-0.3, -0.25) is 4.79 Å². The van der Waals surface area contributed by atoms with Gasteiger partial charge in [0.15, 0.2) is 11.6 Å². The first-order valence-corrected chi connectivity index (χ1v) is 14.4. The number of halogens is 2. The monoisotopic (exact) mass is 527 g/mol. The van der Waals surface area contributed by atoms with Gasteiger partial charge in [-0.1, -0.05) is 24.3 Å². The van der Waals surface area contributed by atoms with E-state index in [-0.39, 0.29) is 12.1 Å². The van der Waals surface area contributed by atoms with Crippen molar-refractivity contribution in [2.75, 3.05) is 37.2 Å². The average Bonchev–Trinajstić information content (AvgIpc) is 2.85. The molecule has 1 unspecified atom stereocenters. The van der Waals surface area contributed by atoms with Crippen LogP contribution in [-0.2, 0) is 9.36 Å². The zero-order valence-corrected chi connectivity index (χ0v) is 21.6. The molecular formula is C27H28F2N3O4P. The summed E-state index contributed by atoms with van der Waals surface area (Å²) >= 11 is 0. The Morgan fingerprint density at radius 1 is 1.05 bits per heavy atom. The molecule has 2 N–H and O–H groups in total. The van der Waals surface area contributed by atoms with E-state index in [1.165, 1.54) is 7.11 Å². The zero-order valence-electron chi connectivity index (χ0n) is 20.8. The maximum atomic E-state index is 15.3. The number of nitrogens with zero attached hydrogens (tertiary/aromatic N) is 1. The van der Waals surface area contributed by atoms with E-state index in [1.807, 2.05) is 0 Å². The van der Waals surface area contributed by atoms with E-state index in [0.717, 1.165) is 17.0 Å². The lowest BCUT2D eigenvalue weighted by Crippen LogP contribution is -2.53. The molecule has 10 heteroatoms. The highest BCUT2D eigenvalue weighted by atomic mass is 31.2. The summed E-state index contributed by atoms with van der Waals surface area (Å²) in [4.78, 5) is 26.7. The van der Waals surface area contributed by atoms with Crippen molar-refractivity contribution in [3.63, 3.8) is 0 Å². The third kappa shape index (κ3) is 5.83. The van der Waals surface area contributed by atoms with Crippen LogP contribution in [0.5, 0.6) is 5.75 Å². The molecule has 0 aliphatic carbocycles. The molecule has 1 aliphatic rings. The van der Waals surface area contributed by atoms with Crippen LogP contribution in [0.4, 0.5) is 25.0 Å². The van der Waals surface area contributed by atoms with E-state index in [1.54, 1.807) is 61.9 Å². The van der Waals surface area contributed by atoms with Crippen molar-refractivity contribution in [3.8, 4) is 16.9 Å². The number of hydrogen-bond donors (Lipinski definition) is 2. The Morgan fingerprint density at radius 3 is 2.32 bits per heavy atom. The number of methoxy groups -OCH3 is 1. The number of nitrogens with one attached hydrogen (secondary N) is 2. The van der Waals surface area contributed by atoms with E-state index in [4.69, 9.17) is 4.74 Å². The molecule has 1 saturated heterocycles. The molecule has 7 nitrogen and oxygen atoms in total. The van der Waals surface area contributed by atoms with Crippen molar-refractivity contribution in [2.45, 2.75) is 18.9 Å². The molecule has 1 heterocycles. The number of ether oxygens (including phenoxy) is 1. The molecule has 0 saturated carbocycles. The van der Waals surface area contributed by atoms with E-state index >= 15 is 8.78 Å². The maximum absolute atomic E-state index is 15.3. The lowest BCUT2D eigenvalue weighted by molar-refractivity contribution is -0.121. The van der Waals surface area contributed by atoms with Crippen LogP contribution < -0.4 is 25.6 Å². The lowest BCUT2D eigenvalue weighted by Gasteiger charge is -2.33. The van der Waals surface area contributed by atoms with Crippen molar-refractivity contribution in [1.29, 1.82) is 0 Å². The molecule has 0 bridgehead atoms. The first kappa shape index (κ1) is 26.4. The van der Waals surface area contributed by atoms with Gasteiger partial charge in [-0.15, -0.1) is 0 Å². The van der Waals surface area contributed by atoms with Crippen molar-refractivity contribution < 1.29 is 27.7 Å². The van der Waals surface area contributed by atoms with Gasteiger partial charge in [-0.2, -0.15) is 0 Å². The highest BCUT2D eigenvalue weighted by molar-refractivity contribution is 7.70. The number of carbonyl (C=O) groups is 2. The van der Waals surface area contributed by atoms with Crippen LogP contribution in [0.3, 0.4) is 0 Å². The van der Waals surface area contributed by atoms with Crippen LogP contribution in [0.15, 0.2) is 60.7 Å². The van der Waals surface area contributed by atoms with Gasteiger partial charge in [0.1, 0.15) is 24.6 Å². The predicted octanol–water partition coefficient (Wildman–Crippen LogP) is 5.21. The summed E-state index contributed by atoms with van der Waals surface area (Å²) in [5.74, 6) is -1.80. The van der Waals surface area contributed by atoms with Crippen LogP contribution in [-0.4, -0.2) is 45.0 Å². The lowest BCUT2D eigenvalue weighted by atomic mass is 10.0. The van der Waals surface area contributed by atoms with Gasteiger partial charge in [-0.05, 0) is 73.7 Å². The molecule has 37 heavy (non-hydrogen) atoms. The van der Waals surface area contributed by atoms with Gasteiger partial charge < -0.3 is 24.8 Å². The number of rotatable bonds is 6. The Morgan fingerprint density at radius 2 is 1.70 bits per heavy atom. The Hall–Kier alpha value is -3.71. The highest BCUT2D eigenvalue weighted by Gasteiger charge is 2.34. The van der Waals surface area contributed by atoms with Crippen LogP contribution in [0.2, 0.25) is 0 Å². The summed E-state index contributed by atoms with van der Waals surface area (Å²) < 4.78 is 48.4. The SMILES string of the molecule is COc1ccc(NC(=O)NC2CCCN(c3c(F)cc(-c4ccccc4P(C)(C)=O)cc3F)C2=O)cc1. The Labute approximate surface area is 214 Å². The minimum absolute atomic E-state index is 0.111. The second kappa shape index (κ2) is 10.7. The van der Waals surface area contributed by atoms with Crippen LogP contribution in [0, 0.1) is 11.6 Å². The topological polar surface area (TPSA) is 87.7 Å². The number of hydrogen-bond acceptors (Lipinski definition) is 4. The van der Waals surface area contributed by atoms with Crippen molar-refractivity contribution >= 4 is 35.8 Å². The number of piperidine rings is 1. The molecule has 0 aromatic heterocycles. The van der Waals surface area contributed by atoms with Crippen molar-refractivity contribution in [1.82, 2.24) is 5.32 Å². The number of benzene rings is 3. The zero-order chi connectivity index (χ0) is 26.7. The standard InChI is InChI=1S/C27H28F2N3O4P/c1-36-19-12-10-18(11-13-19)30-27(34)31-23-8-6-14-32(26(23)33)25-21(28)15-17(16-22(25)29)20-7-4-5-9-24(20)37(2,3)35/h4-5,7,9-13,15-16,23H,6,8,14H2,1-3H3,(H2,30,31,34). The molecule has 3 aromatic carbocycles. The molecule has 0 radical (unpaired) electrons. The van der Waals surface area contributed by atoms with Crippen LogP contribution in [0.25, 0.3) is 11.1 Å². The molecule has 4 rings (SSSR count). The van der Waals surface area contributed by atoms with Gasteiger partial charge in [0.25, 0.3) is 0 Å². The Kier molecular flexibility index (Phi) is 7.64. The number of urea groups is 1. The van der Waals surface area contributed by atoms with Gasteiger partial charge in [0.05, 0.1) is 7.11 Å². The van der Waals surface area contributed by atoms with Gasteiger partial charge in [-0.25, -0.2) is 13.6 Å². The first-order chi connectivity index (χ1) is 17.6. The predicted molar refractivity (Wildman–Crippen MR) is 141 cm³/mol. The molecule has 1 atom stereocenters. The normalized spacial score (nSPS) is 15.9. The fourth-order valence-corrected chi connectivity index (χ4v) is 5.63. The minimum Gasteiger partial charge on any atom is -0.497 e. The summed E-state index contributed by atoms with van der Waals surface area (Å²) in [7, 11) is -1.18. The van der Waals surface area contributed by atoms with Gasteiger partial charge in [0, 0.05) is 17.5 Å². The largest absolute Gasteiger partial charge is 0.497 e. The average molecular weight is 528 g/mol. The van der Waals surface area contributed by atoms with E-state index in [2.05, 4.69) is 10.6 Å². The summed E-state index contributed by atoms with van der Waals surface area (Å²) in [5, 5.41) is 5.75. The van der Waals surface area contributed by atoms with Crippen LogP contribution in [0.1, 0.15) is 12.8 Å². The molecule has 1 aliphatic heterocycles. The minimum atomic E-state index is -2.71. The molecule has 3 amide bonds. The van der Waals surface area contributed by atoms with Crippen LogP contribution >= 0.6 is 7.14 Å². The Balaban J connectivity index is 1.54. The fraction of sp³-hybridized carbons (Fsp3) is 0.259. The number of amides is 3. The van der Waals surface area contributed by atoms with E-state index in [9.17, 15) is 14.2 Å². The summed E-state index contributed by atoms with van der Waals surface area (Å²) in [6, 6.07) is 14.2. The Bertz CT molecular complexity index is 1350. The van der Waals surface area contributed by atoms with Gasteiger partial charge in [0.2, 0.25) is 5.91 Å². The highest BCUT2D eigenvalue weighted by Crippen LogP contribution is 2.40. The van der Waals surface area contributed by atoms with Gasteiger partial charge >= 0.3 is 6.03 Å². The third-order valence-electron chi connectivity index (χ3n) is 6.17. The van der Waals surface area contributed by atoms with Crippen molar-refractivity contribution in [2.24, 2.45) is 0 Å². The number of carbonyl (C=O) groups excluding carboxylic acids is 2. The molecule has 194 valence electrons. The summed E-state index contributed by atoms with van der Waals surface area (Å²) in [6.07, 6.45) is 0.778. The maximum Gasteiger partial charge on any atom is 0.319 e. The number of anilines is 2. The van der Waals surface area contributed by atoms with Crippen molar-refractivity contribution in [3.05, 3.63) is 72.3 Å². The second-order valence-corrected chi connectivity index (χ2v) is 12.4. The smallest absolute Gasteiger partial charge is 0.319 e. The second-order valence-electron chi connectivity index (χ2n) is 9.17. The summed E-state index contributed by atoms with van der Waals surface area (Å²) in [6.45, 7) is 3.30. The molecule has 3 aromatic rings. The quantitative estimate of drug-likeness (QED) is 0.431. The molecule has 1 fully saturated rings.